The number of H-pyrrole nitrogens is 1. The molecule has 2 aromatic carbocycles. The van der Waals surface area contributed by atoms with E-state index in [1.807, 2.05) is 6.92 Å². The fraction of sp³-hybridized carbons (Fsp3) is 0.208. The Bertz CT molecular complexity index is 1330. The fourth-order valence-corrected chi connectivity index (χ4v) is 3.52. The number of ether oxygens (including phenoxy) is 1. The summed E-state index contributed by atoms with van der Waals surface area (Å²) in [7, 11) is 0. The summed E-state index contributed by atoms with van der Waals surface area (Å²) in [5.41, 5.74) is 0.164. The second-order valence-electron chi connectivity index (χ2n) is 7.41. The van der Waals surface area contributed by atoms with Gasteiger partial charge in [-0.1, -0.05) is 18.5 Å². The van der Waals surface area contributed by atoms with E-state index in [0.29, 0.717) is 46.2 Å². The summed E-state index contributed by atoms with van der Waals surface area (Å²) in [6.45, 7) is 2.58. The quantitative estimate of drug-likeness (QED) is 0.395. The molecule has 0 saturated heterocycles. The van der Waals surface area contributed by atoms with Gasteiger partial charge in [-0.25, -0.2) is 9.37 Å². The minimum absolute atomic E-state index is 0.0903. The molecule has 2 heterocycles. The van der Waals surface area contributed by atoms with Gasteiger partial charge in [0.1, 0.15) is 29.8 Å². The minimum Gasteiger partial charge on any atom is -0.486 e. The lowest BCUT2D eigenvalue weighted by molar-refractivity contribution is 0.0702. The van der Waals surface area contributed by atoms with Gasteiger partial charge < -0.3 is 19.0 Å². The molecule has 7 nitrogen and oxygen atoms in total. The maximum absolute atomic E-state index is 13.1. The highest BCUT2D eigenvalue weighted by molar-refractivity contribution is 6.31. The maximum atomic E-state index is 13.1. The van der Waals surface area contributed by atoms with Crippen LogP contribution < -0.4 is 10.3 Å². The van der Waals surface area contributed by atoms with Gasteiger partial charge >= 0.3 is 0 Å². The van der Waals surface area contributed by atoms with Crippen LogP contribution in [0.25, 0.3) is 10.9 Å². The molecule has 0 aliphatic rings. The summed E-state index contributed by atoms with van der Waals surface area (Å²) >= 11 is 6.03. The molecule has 0 aliphatic heterocycles. The number of nitrogens with zero attached hydrogens (tertiary/aromatic N) is 2. The third-order valence-corrected chi connectivity index (χ3v) is 5.14. The Kier molecular flexibility index (Phi) is 6.74. The van der Waals surface area contributed by atoms with Gasteiger partial charge in [-0.15, -0.1) is 0 Å². The fourth-order valence-electron chi connectivity index (χ4n) is 3.35. The van der Waals surface area contributed by atoms with Crippen LogP contribution in [0.4, 0.5) is 4.39 Å². The highest BCUT2D eigenvalue weighted by Crippen LogP contribution is 2.18. The molecule has 9 heteroatoms. The van der Waals surface area contributed by atoms with Crippen molar-refractivity contribution in [1.29, 1.82) is 0 Å². The van der Waals surface area contributed by atoms with Gasteiger partial charge in [-0.05, 0) is 61.0 Å². The molecule has 0 atom stereocenters. The first-order valence-electron chi connectivity index (χ1n) is 10.4. The molecule has 0 aliphatic carbocycles. The lowest BCUT2D eigenvalue weighted by atomic mass is 10.2. The number of benzene rings is 2. The molecule has 1 N–H and O–H groups in total. The van der Waals surface area contributed by atoms with Crippen molar-refractivity contribution < 1.29 is 18.3 Å². The normalized spacial score (nSPS) is 11.0. The molecule has 33 heavy (non-hydrogen) atoms. The smallest absolute Gasteiger partial charge is 0.289 e. The molecule has 0 bridgehead atoms. The van der Waals surface area contributed by atoms with E-state index >= 15 is 0 Å². The van der Waals surface area contributed by atoms with Crippen molar-refractivity contribution in [3.63, 3.8) is 0 Å². The van der Waals surface area contributed by atoms with Crippen LogP contribution in [0, 0.1) is 5.82 Å². The number of nitrogens with one attached hydrogen (secondary N) is 1. The first-order valence-corrected chi connectivity index (χ1v) is 10.8. The lowest BCUT2D eigenvalue weighted by Gasteiger charge is -2.20. The van der Waals surface area contributed by atoms with Crippen LogP contribution in [0.5, 0.6) is 5.75 Å². The summed E-state index contributed by atoms with van der Waals surface area (Å²) < 4.78 is 24.2. The largest absolute Gasteiger partial charge is 0.486 e. The Morgan fingerprint density at radius 3 is 2.73 bits per heavy atom. The molecule has 1 amide bonds. The molecule has 4 aromatic rings. The zero-order valence-electron chi connectivity index (χ0n) is 17.8. The Hall–Kier alpha value is -3.65. The van der Waals surface area contributed by atoms with Crippen molar-refractivity contribution in [2.24, 2.45) is 0 Å². The number of carbonyl (C=O) groups excluding carboxylic acids is 1. The number of aromatic nitrogens is 2. The van der Waals surface area contributed by atoms with Gasteiger partial charge in [0.25, 0.3) is 11.5 Å². The number of halogens is 2. The highest BCUT2D eigenvalue weighted by Gasteiger charge is 2.20. The van der Waals surface area contributed by atoms with Crippen molar-refractivity contribution in [3.8, 4) is 5.75 Å². The third kappa shape index (κ3) is 5.40. The number of carbonyl (C=O) groups is 1. The van der Waals surface area contributed by atoms with Gasteiger partial charge in [0.05, 0.1) is 17.4 Å². The molecular weight excluding hydrogens is 449 g/mol. The number of hydrogen-bond donors (Lipinski definition) is 1. The molecule has 0 saturated carbocycles. The van der Waals surface area contributed by atoms with Crippen molar-refractivity contribution >= 4 is 28.4 Å². The maximum Gasteiger partial charge on any atom is 0.289 e. The van der Waals surface area contributed by atoms with Gasteiger partial charge in [0, 0.05) is 11.6 Å². The predicted octanol–water partition coefficient (Wildman–Crippen LogP) is 4.94. The zero-order chi connectivity index (χ0) is 23.4. The number of furan rings is 1. The van der Waals surface area contributed by atoms with E-state index in [9.17, 15) is 14.0 Å². The van der Waals surface area contributed by atoms with Crippen LogP contribution in [0.2, 0.25) is 5.02 Å². The number of amides is 1. The second-order valence-corrected chi connectivity index (χ2v) is 7.85. The number of aromatic amines is 1. The van der Waals surface area contributed by atoms with Gasteiger partial charge in [0.2, 0.25) is 0 Å². The summed E-state index contributed by atoms with van der Waals surface area (Å²) in [4.78, 5) is 34.2. The van der Waals surface area contributed by atoms with Gasteiger partial charge in [-0.2, -0.15) is 0 Å². The molecule has 0 fully saturated rings. The topological polar surface area (TPSA) is 88.4 Å². The van der Waals surface area contributed by atoms with Crippen molar-refractivity contribution in [3.05, 3.63) is 93.1 Å². The molecule has 0 radical (unpaired) electrons. The predicted molar refractivity (Wildman–Crippen MR) is 122 cm³/mol. The number of fused-ring (bicyclic) bond motifs is 1. The summed E-state index contributed by atoms with van der Waals surface area (Å²) in [6, 6.07) is 13.7. The minimum atomic E-state index is -0.352. The van der Waals surface area contributed by atoms with E-state index in [0.717, 1.165) is 0 Å². The van der Waals surface area contributed by atoms with Crippen molar-refractivity contribution in [1.82, 2.24) is 14.9 Å². The van der Waals surface area contributed by atoms with Crippen LogP contribution in [0.3, 0.4) is 0 Å². The number of rotatable bonds is 8. The van der Waals surface area contributed by atoms with E-state index in [-0.39, 0.29) is 36.2 Å². The first kappa shape index (κ1) is 22.5. The standard InChI is InChI=1S/C24H21ClFN3O4/c1-2-11-29(13-22-27-20-12-15(25)3-9-19(20)23(30)28-22)24(31)21-10-8-18(33-21)14-32-17-6-4-16(26)5-7-17/h3-10,12H,2,11,13-14H2,1H3,(H,27,28,30). The summed E-state index contributed by atoms with van der Waals surface area (Å²) in [5.74, 6) is 0.745. The van der Waals surface area contributed by atoms with E-state index in [4.69, 9.17) is 20.8 Å². The van der Waals surface area contributed by atoms with Crippen molar-refractivity contribution in [2.75, 3.05) is 6.54 Å². The van der Waals surface area contributed by atoms with Crippen LogP contribution in [0.1, 0.15) is 35.5 Å². The SMILES string of the molecule is CCCN(Cc1nc2cc(Cl)ccc2c(=O)[nH]1)C(=O)c1ccc(COc2ccc(F)cc2)o1. The van der Waals surface area contributed by atoms with E-state index in [2.05, 4.69) is 9.97 Å². The second kappa shape index (κ2) is 9.87. The highest BCUT2D eigenvalue weighted by atomic mass is 35.5. The van der Waals surface area contributed by atoms with Crippen LogP contribution in [0.15, 0.2) is 63.8 Å². The van der Waals surface area contributed by atoms with Crippen LogP contribution in [-0.2, 0) is 13.2 Å². The van der Waals surface area contributed by atoms with E-state index in [1.165, 1.54) is 24.3 Å². The average molecular weight is 470 g/mol. The van der Waals surface area contributed by atoms with Crippen LogP contribution in [-0.4, -0.2) is 27.3 Å². The van der Waals surface area contributed by atoms with E-state index < -0.39 is 0 Å². The van der Waals surface area contributed by atoms with Gasteiger partial charge in [0.15, 0.2) is 5.76 Å². The molecule has 170 valence electrons. The zero-order valence-corrected chi connectivity index (χ0v) is 18.6. The van der Waals surface area contributed by atoms with Crippen LogP contribution >= 0.6 is 11.6 Å². The lowest BCUT2D eigenvalue weighted by Crippen LogP contribution is -2.32. The average Bonchev–Trinajstić information content (AvgIpc) is 3.27. The Labute approximate surface area is 193 Å². The molecule has 4 rings (SSSR count). The monoisotopic (exact) mass is 469 g/mol. The Balaban J connectivity index is 1.49. The van der Waals surface area contributed by atoms with Gasteiger partial charge in [-0.3, -0.25) is 9.59 Å². The molecule has 2 aromatic heterocycles. The summed E-state index contributed by atoms with van der Waals surface area (Å²) in [6.07, 6.45) is 0.705. The van der Waals surface area contributed by atoms with Crippen molar-refractivity contribution in [2.45, 2.75) is 26.5 Å². The third-order valence-electron chi connectivity index (χ3n) is 4.91. The van der Waals surface area contributed by atoms with E-state index in [1.54, 1.807) is 35.2 Å². The first-order chi connectivity index (χ1) is 15.9. The Morgan fingerprint density at radius 2 is 1.97 bits per heavy atom. The molecule has 0 unspecified atom stereocenters. The Morgan fingerprint density at radius 1 is 1.18 bits per heavy atom. The molecular formula is C24H21ClFN3O4. The number of hydrogen-bond acceptors (Lipinski definition) is 5. The molecule has 0 spiro atoms. The summed E-state index contributed by atoms with van der Waals surface area (Å²) in [5, 5.41) is 0.896.